The molecule has 7 heteroatoms. The van der Waals surface area contributed by atoms with Gasteiger partial charge in [-0.2, -0.15) is 0 Å². The Morgan fingerprint density at radius 3 is 2.46 bits per heavy atom. The summed E-state index contributed by atoms with van der Waals surface area (Å²) < 4.78 is 10.9. The number of methoxy groups -OCH3 is 1. The smallest absolute Gasteiger partial charge is 0.160 e. The van der Waals surface area contributed by atoms with Crippen LogP contribution >= 0.6 is 0 Å². The summed E-state index contributed by atoms with van der Waals surface area (Å²) >= 11 is 0. The lowest BCUT2D eigenvalue weighted by atomic mass is 9.82. The van der Waals surface area contributed by atoms with Crippen LogP contribution in [-0.4, -0.2) is 45.9 Å². The van der Waals surface area contributed by atoms with Crippen LogP contribution in [0.2, 0.25) is 0 Å². The molecule has 3 rings (SSSR count). The predicted octanol–water partition coefficient (Wildman–Crippen LogP) is 1.84. The molecule has 0 aromatic heterocycles. The van der Waals surface area contributed by atoms with Crippen molar-refractivity contribution < 1.29 is 35.0 Å². The van der Waals surface area contributed by atoms with Gasteiger partial charge in [0.05, 0.1) is 25.9 Å². The Morgan fingerprint density at radius 2 is 1.81 bits per heavy atom. The highest BCUT2D eigenvalue weighted by molar-refractivity contribution is 5.43. The van der Waals surface area contributed by atoms with E-state index in [1.807, 2.05) is 0 Å². The van der Waals surface area contributed by atoms with E-state index >= 15 is 0 Å². The topological polar surface area (TPSA) is 120 Å². The first-order valence-corrected chi connectivity index (χ1v) is 8.25. The number of benzene rings is 2. The van der Waals surface area contributed by atoms with Gasteiger partial charge in [-0.25, -0.2) is 0 Å². The Balaban J connectivity index is 1.85. The number of ether oxygens (including phenoxy) is 2. The summed E-state index contributed by atoms with van der Waals surface area (Å²) in [6, 6.07) is 8.94. The minimum Gasteiger partial charge on any atom is -0.504 e. The third-order valence-electron chi connectivity index (χ3n) is 4.90. The van der Waals surface area contributed by atoms with E-state index in [-0.39, 0.29) is 36.2 Å². The first kappa shape index (κ1) is 18.3. The van der Waals surface area contributed by atoms with Crippen molar-refractivity contribution in [3.63, 3.8) is 0 Å². The third kappa shape index (κ3) is 3.29. The van der Waals surface area contributed by atoms with Gasteiger partial charge in [-0.05, 0) is 35.4 Å². The average Bonchev–Trinajstić information content (AvgIpc) is 3.07. The highest BCUT2D eigenvalue weighted by atomic mass is 16.5. The molecule has 1 heterocycles. The molecule has 0 amide bonds. The van der Waals surface area contributed by atoms with Crippen molar-refractivity contribution in [2.45, 2.75) is 12.2 Å². The lowest BCUT2D eigenvalue weighted by molar-refractivity contribution is 0.0632. The maximum absolute atomic E-state index is 10.8. The van der Waals surface area contributed by atoms with Crippen molar-refractivity contribution in [3.8, 4) is 23.0 Å². The van der Waals surface area contributed by atoms with Crippen LogP contribution in [0.5, 0.6) is 23.0 Å². The fourth-order valence-electron chi connectivity index (χ4n) is 3.43. The molecule has 2 aromatic rings. The van der Waals surface area contributed by atoms with Gasteiger partial charge in [0.2, 0.25) is 0 Å². The van der Waals surface area contributed by atoms with Gasteiger partial charge in [-0.15, -0.1) is 0 Å². The zero-order chi connectivity index (χ0) is 18.8. The molecule has 4 atom stereocenters. The van der Waals surface area contributed by atoms with Crippen molar-refractivity contribution >= 4 is 0 Å². The second-order valence-electron chi connectivity index (χ2n) is 6.39. The van der Waals surface area contributed by atoms with Crippen LogP contribution in [0.15, 0.2) is 36.4 Å². The van der Waals surface area contributed by atoms with Gasteiger partial charge in [0, 0.05) is 18.4 Å². The number of hydrogen-bond acceptors (Lipinski definition) is 7. The van der Waals surface area contributed by atoms with E-state index in [0.29, 0.717) is 11.1 Å². The number of aromatic hydroxyl groups is 3. The van der Waals surface area contributed by atoms with E-state index in [1.54, 1.807) is 18.2 Å². The van der Waals surface area contributed by atoms with E-state index in [0.717, 1.165) is 0 Å². The first-order chi connectivity index (χ1) is 12.5. The van der Waals surface area contributed by atoms with E-state index < -0.39 is 24.0 Å². The molecule has 0 aliphatic carbocycles. The molecule has 1 saturated heterocycles. The molecule has 1 fully saturated rings. The first-order valence-electron chi connectivity index (χ1n) is 8.25. The Bertz CT molecular complexity index is 776. The van der Waals surface area contributed by atoms with Crippen molar-refractivity contribution in [1.29, 1.82) is 0 Å². The highest BCUT2D eigenvalue weighted by Gasteiger charge is 2.42. The Hall–Kier alpha value is -2.48. The second kappa shape index (κ2) is 7.41. The van der Waals surface area contributed by atoms with Gasteiger partial charge in [0.15, 0.2) is 23.0 Å². The minimum atomic E-state index is -0.933. The second-order valence-corrected chi connectivity index (χ2v) is 6.39. The van der Waals surface area contributed by atoms with Crippen molar-refractivity contribution in [1.82, 2.24) is 0 Å². The SMILES string of the molecule is COc1cc([C@@H](O)[C@@H]2COC(c3ccc(O)c(O)c3)[C@@H]2CO)ccc1O. The van der Waals surface area contributed by atoms with Gasteiger partial charge in [-0.1, -0.05) is 12.1 Å². The van der Waals surface area contributed by atoms with Crippen LogP contribution in [0.25, 0.3) is 0 Å². The van der Waals surface area contributed by atoms with Crippen LogP contribution in [-0.2, 0) is 4.74 Å². The molecular formula is C19H22O7. The van der Waals surface area contributed by atoms with E-state index in [4.69, 9.17) is 9.47 Å². The average molecular weight is 362 g/mol. The molecule has 0 bridgehead atoms. The van der Waals surface area contributed by atoms with Crippen molar-refractivity contribution in [3.05, 3.63) is 47.5 Å². The van der Waals surface area contributed by atoms with Gasteiger partial charge >= 0.3 is 0 Å². The maximum atomic E-state index is 10.8. The standard InChI is InChI=1S/C19H22O7/c1-25-17-7-10(2-5-15(17)22)18(24)13-9-26-19(12(13)8-20)11-3-4-14(21)16(23)6-11/h2-7,12-13,18-24H,8-9H2,1H3/t12-,13-,18-,19?/m1/s1. The molecule has 1 aliphatic heterocycles. The lowest BCUT2D eigenvalue weighted by Crippen LogP contribution is -2.25. The molecule has 0 spiro atoms. The summed E-state index contributed by atoms with van der Waals surface area (Å²) in [4.78, 5) is 0. The summed E-state index contributed by atoms with van der Waals surface area (Å²) in [5.74, 6) is -1.08. The molecule has 2 aromatic carbocycles. The van der Waals surface area contributed by atoms with Crippen molar-refractivity contribution in [2.24, 2.45) is 11.8 Å². The number of phenols is 3. The molecular weight excluding hydrogens is 340 g/mol. The molecule has 5 N–H and O–H groups in total. The Labute approximate surface area is 150 Å². The molecule has 0 saturated carbocycles. The zero-order valence-electron chi connectivity index (χ0n) is 14.2. The van der Waals surface area contributed by atoms with Crippen molar-refractivity contribution in [2.75, 3.05) is 20.3 Å². The van der Waals surface area contributed by atoms with Gasteiger partial charge in [0.1, 0.15) is 0 Å². The van der Waals surface area contributed by atoms with Crippen LogP contribution < -0.4 is 4.74 Å². The van der Waals surface area contributed by atoms with E-state index in [9.17, 15) is 25.5 Å². The summed E-state index contributed by atoms with van der Waals surface area (Å²) in [6.45, 7) is -0.00879. The van der Waals surface area contributed by atoms with E-state index in [2.05, 4.69) is 0 Å². The summed E-state index contributed by atoms with van der Waals surface area (Å²) in [7, 11) is 1.42. The molecule has 1 unspecified atom stereocenters. The molecule has 26 heavy (non-hydrogen) atoms. The fraction of sp³-hybridized carbons (Fsp3) is 0.368. The molecule has 0 radical (unpaired) electrons. The summed E-state index contributed by atoms with van der Waals surface area (Å²) in [6.07, 6.45) is -1.46. The fourth-order valence-corrected chi connectivity index (χ4v) is 3.43. The lowest BCUT2D eigenvalue weighted by Gasteiger charge is -2.25. The zero-order valence-corrected chi connectivity index (χ0v) is 14.2. The highest BCUT2D eigenvalue weighted by Crippen LogP contribution is 2.45. The monoisotopic (exact) mass is 362 g/mol. The van der Waals surface area contributed by atoms with Gasteiger partial charge in [0.25, 0.3) is 0 Å². The molecule has 1 aliphatic rings. The number of aliphatic hydroxyl groups is 2. The Kier molecular flexibility index (Phi) is 5.22. The van der Waals surface area contributed by atoms with Crippen LogP contribution in [0, 0.1) is 11.8 Å². The van der Waals surface area contributed by atoms with Crippen LogP contribution in [0.4, 0.5) is 0 Å². The molecule has 140 valence electrons. The maximum Gasteiger partial charge on any atom is 0.160 e. The number of hydrogen-bond donors (Lipinski definition) is 5. The Morgan fingerprint density at radius 1 is 1.08 bits per heavy atom. The third-order valence-corrected chi connectivity index (χ3v) is 4.90. The summed E-state index contributed by atoms with van der Waals surface area (Å²) in [5.41, 5.74) is 1.15. The van der Waals surface area contributed by atoms with E-state index in [1.165, 1.54) is 25.3 Å². The van der Waals surface area contributed by atoms with Gasteiger partial charge < -0.3 is 35.0 Å². The number of aliphatic hydroxyl groups excluding tert-OH is 2. The quantitative estimate of drug-likeness (QED) is 0.515. The summed E-state index contributed by atoms with van der Waals surface area (Å²) in [5, 5.41) is 49.5. The molecule has 7 nitrogen and oxygen atoms in total. The number of rotatable bonds is 5. The normalized spacial score (nSPS) is 23.7. The predicted molar refractivity (Wildman–Crippen MR) is 92.1 cm³/mol. The van der Waals surface area contributed by atoms with Gasteiger partial charge in [-0.3, -0.25) is 0 Å². The minimum absolute atomic E-state index is 0.0257. The van der Waals surface area contributed by atoms with Crippen LogP contribution in [0.3, 0.4) is 0 Å². The van der Waals surface area contributed by atoms with Crippen LogP contribution in [0.1, 0.15) is 23.3 Å². The number of phenolic OH excluding ortho intramolecular Hbond substituents is 3. The largest absolute Gasteiger partial charge is 0.504 e.